The Hall–Kier alpha value is -2.83. The summed E-state index contributed by atoms with van der Waals surface area (Å²) >= 11 is 0. The van der Waals surface area contributed by atoms with Crippen LogP contribution in [0.15, 0.2) is 48.5 Å². The average Bonchev–Trinajstić information content (AvgIpc) is 3.19. The molecule has 3 rings (SSSR count). The number of rotatable bonds is 6. The Morgan fingerprint density at radius 2 is 1.81 bits per heavy atom. The molecule has 2 atom stereocenters. The first-order chi connectivity index (χ1) is 14.7. The third-order valence-corrected chi connectivity index (χ3v) is 5.71. The average molecular weight is 432 g/mol. The summed E-state index contributed by atoms with van der Waals surface area (Å²) in [5.74, 6) is -1.55. The van der Waals surface area contributed by atoms with E-state index in [9.17, 15) is 22.8 Å². The third-order valence-electron chi connectivity index (χ3n) is 5.71. The van der Waals surface area contributed by atoms with Crippen LogP contribution in [0.4, 0.5) is 13.2 Å². The molecule has 1 aliphatic heterocycles. The van der Waals surface area contributed by atoms with Gasteiger partial charge in [0, 0.05) is 31.1 Å². The highest BCUT2D eigenvalue weighted by Crippen LogP contribution is 2.37. The van der Waals surface area contributed by atoms with Crippen molar-refractivity contribution in [3.63, 3.8) is 0 Å². The van der Waals surface area contributed by atoms with E-state index in [2.05, 4.69) is 5.32 Å². The Kier molecular flexibility index (Phi) is 7.03. The Morgan fingerprint density at radius 3 is 2.45 bits per heavy atom. The summed E-state index contributed by atoms with van der Waals surface area (Å²) < 4.78 is 39.7. The molecule has 0 saturated carbocycles. The molecule has 2 unspecified atom stereocenters. The number of unbranched alkanes of at least 4 members (excludes halogenated alkanes) is 1. The van der Waals surface area contributed by atoms with Gasteiger partial charge >= 0.3 is 6.18 Å². The SMILES string of the molecule is CCCCNC(=O)C1CN(C(=O)c2ccc(C)cc2)CC1c1cccc(C(F)(F)F)c1. The van der Waals surface area contributed by atoms with Crippen molar-refractivity contribution in [2.45, 2.75) is 38.8 Å². The van der Waals surface area contributed by atoms with Gasteiger partial charge < -0.3 is 10.2 Å². The topological polar surface area (TPSA) is 49.4 Å². The number of hydrogen-bond acceptors (Lipinski definition) is 2. The van der Waals surface area contributed by atoms with E-state index in [1.807, 2.05) is 26.0 Å². The summed E-state index contributed by atoms with van der Waals surface area (Å²) in [5.41, 5.74) is 1.19. The Balaban J connectivity index is 1.88. The summed E-state index contributed by atoms with van der Waals surface area (Å²) in [4.78, 5) is 27.4. The van der Waals surface area contributed by atoms with Crippen LogP contribution in [0.1, 0.15) is 52.7 Å². The second-order valence-corrected chi connectivity index (χ2v) is 8.06. The minimum absolute atomic E-state index is 0.172. The first-order valence-electron chi connectivity index (χ1n) is 10.5. The molecule has 0 aliphatic carbocycles. The molecule has 4 nitrogen and oxygen atoms in total. The number of amides is 2. The van der Waals surface area contributed by atoms with Crippen LogP contribution < -0.4 is 5.32 Å². The van der Waals surface area contributed by atoms with Crippen LogP contribution in [0.5, 0.6) is 0 Å². The lowest BCUT2D eigenvalue weighted by atomic mass is 9.87. The van der Waals surface area contributed by atoms with Crippen LogP contribution in [0.2, 0.25) is 0 Å². The number of benzene rings is 2. The lowest BCUT2D eigenvalue weighted by Crippen LogP contribution is -2.36. The maximum Gasteiger partial charge on any atom is 0.416 e. The molecule has 0 bridgehead atoms. The number of carbonyl (C=O) groups excluding carboxylic acids is 2. The second kappa shape index (κ2) is 9.54. The Morgan fingerprint density at radius 1 is 1.10 bits per heavy atom. The highest BCUT2D eigenvalue weighted by atomic mass is 19.4. The second-order valence-electron chi connectivity index (χ2n) is 8.06. The lowest BCUT2D eigenvalue weighted by Gasteiger charge is -2.19. The van der Waals surface area contributed by atoms with Crippen molar-refractivity contribution in [2.24, 2.45) is 5.92 Å². The standard InChI is InChI=1S/C24H27F3N2O2/c1-3-4-12-28-22(30)21-15-29(23(31)17-10-8-16(2)9-11-17)14-20(21)18-6-5-7-19(13-18)24(25,26)27/h5-11,13,20-21H,3-4,12,14-15H2,1-2H3,(H,28,30). The van der Waals surface area contributed by atoms with Gasteiger partial charge in [0.2, 0.25) is 5.91 Å². The number of likely N-dealkylation sites (tertiary alicyclic amines) is 1. The number of nitrogens with zero attached hydrogens (tertiary/aromatic N) is 1. The number of aryl methyl sites for hydroxylation is 1. The van der Waals surface area contributed by atoms with Crippen molar-refractivity contribution in [1.82, 2.24) is 10.2 Å². The van der Waals surface area contributed by atoms with E-state index in [0.29, 0.717) is 17.7 Å². The van der Waals surface area contributed by atoms with Gasteiger partial charge in [0.1, 0.15) is 0 Å². The maximum atomic E-state index is 13.2. The van der Waals surface area contributed by atoms with Crippen molar-refractivity contribution in [1.29, 1.82) is 0 Å². The number of carbonyl (C=O) groups is 2. The molecule has 0 spiro atoms. The molecule has 1 aliphatic rings. The van der Waals surface area contributed by atoms with Gasteiger partial charge in [-0.05, 0) is 37.1 Å². The molecular formula is C24H27F3N2O2. The van der Waals surface area contributed by atoms with E-state index in [1.54, 1.807) is 23.1 Å². The number of hydrogen-bond donors (Lipinski definition) is 1. The molecule has 166 valence electrons. The smallest absolute Gasteiger partial charge is 0.356 e. The van der Waals surface area contributed by atoms with E-state index < -0.39 is 23.6 Å². The van der Waals surface area contributed by atoms with Crippen molar-refractivity contribution >= 4 is 11.8 Å². The predicted octanol–water partition coefficient (Wildman–Crippen LogP) is 4.79. The van der Waals surface area contributed by atoms with E-state index in [0.717, 1.165) is 30.5 Å². The third kappa shape index (κ3) is 5.46. The van der Waals surface area contributed by atoms with Crippen molar-refractivity contribution in [3.8, 4) is 0 Å². The molecule has 1 saturated heterocycles. The minimum atomic E-state index is -4.47. The van der Waals surface area contributed by atoms with Gasteiger partial charge in [-0.2, -0.15) is 13.2 Å². The van der Waals surface area contributed by atoms with Crippen molar-refractivity contribution in [3.05, 3.63) is 70.8 Å². The largest absolute Gasteiger partial charge is 0.416 e. The van der Waals surface area contributed by atoms with E-state index in [1.165, 1.54) is 6.07 Å². The normalized spacial score (nSPS) is 18.8. The molecule has 31 heavy (non-hydrogen) atoms. The van der Waals surface area contributed by atoms with Crippen LogP contribution in [-0.2, 0) is 11.0 Å². The van der Waals surface area contributed by atoms with Gasteiger partial charge in [-0.15, -0.1) is 0 Å². The van der Waals surface area contributed by atoms with E-state index in [-0.39, 0.29) is 24.9 Å². The predicted molar refractivity (Wildman–Crippen MR) is 113 cm³/mol. The minimum Gasteiger partial charge on any atom is -0.356 e. The molecule has 0 aromatic heterocycles. The first-order valence-corrected chi connectivity index (χ1v) is 10.5. The maximum absolute atomic E-state index is 13.2. The van der Waals surface area contributed by atoms with Gasteiger partial charge in [-0.3, -0.25) is 9.59 Å². The fourth-order valence-corrected chi connectivity index (χ4v) is 3.92. The molecule has 2 aromatic rings. The quantitative estimate of drug-likeness (QED) is 0.668. The molecule has 0 radical (unpaired) electrons. The highest BCUT2D eigenvalue weighted by molar-refractivity contribution is 5.95. The summed E-state index contributed by atoms with van der Waals surface area (Å²) in [7, 11) is 0. The highest BCUT2D eigenvalue weighted by Gasteiger charge is 2.41. The molecule has 1 fully saturated rings. The van der Waals surface area contributed by atoms with Crippen LogP contribution in [0, 0.1) is 12.8 Å². The summed E-state index contributed by atoms with van der Waals surface area (Å²) in [5, 5.41) is 2.88. The van der Waals surface area contributed by atoms with Gasteiger partial charge in [0.15, 0.2) is 0 Å². The fourth-order valence-electron chi connectivity index (χ4n) is 3.92. The van der Waals surface area contributed by atoms with Crippen molar-refractivity contribution < 1.29 is 22.8 Å². The van der Waals surface area contributed by atoms with Crippen LogP contribution >= 0.6 is 0 Å². The van der Waals surface area contributed by atoms with Crippen molar-refractivity contribution in [2.75, 3.05) is 19.6 Å². The summed E-state index contributed by atoms with van der Waals surface area (Å²) in [6.07, 6.45) is -2.73. The Labute approximate surface area is 180 Å². The first kappa shape index (κ1) is 22.8. The molecule has 7 heteroatoms. The molecule has 2 aromatic carbocycles. The van der Waals surface area contributed by atoms with Gasteiger partial charge in [-0.1, -0.05) is 49.2 Å². The molecule has 1 N–H and O–H groups in total. The number of halogens is 3. The number of alkyl halides is 3. The van der Waals surface area contributed by atoms with Crippen LogP contribution in [-0.4, -0.2) is 36.3 Å². The van der Waals surface area contributed by atoms with Crippen LogP contribution in [0.3, 0.4) is 0 Å². The lowest BCUT2D eigenvalue weighted by molar-refractivity contribution is -0.137. The van der Waals surface area contributed by atoms with Gasteiger partial charge in [0.25, 0.3) is 5.91 Å². The van der Waals surface area contributed by atoms with E-state index in [4.69, 9.17) is 0 Å². The molecule has 1 heterocycles. The zero-order chi connectivity index (χ0) is 22.6. The van der Waals surface area contributed by atoms with Gasteiger partial charge in [-0.25, -0.2) is 0 Å². The zero-order valence-corrected chi connectivity index (χ0v) is 17.7. The molecular weight excluding hydrogens is 405 g/mol. The van der Waals surface area contributed by atoms with Gasteiger partial charge in [0.05, 0.1) is 11.5 Å². The zero-order valence-electron chi connectivity index (χ0n) is 17.7. The van der Waals surface area contributed by atoms with Crippen LogP contribution in [0.25, 0.3) is 0 Å². The summed E-state index contributed by atoms with van der Waals surface area (Å²) in [6, 6.07) is 12.2. The Bertz CT molecular complexity index is 925. The fraction of sp³-hybridized carbons (Fsp3) is 0.417. The van der Waals surface area contributed by atoms with E-state index >= 15 is 0 Å². The number of nitrogens with one attached hydrogen (secondary N) is 1. The monoisotopic (exact) mass is 432 g/mol. The molecule has 2 amide bonds. The summed E-state index contributed by atoms with van der Waals surface area (Å²) in [6.45, 7) is 4.80.